The van der Waals surface area contributed by atoms with Crippen LogP contribution in [0.25, 0.3) is 0 Å². The summed E-state index contributed by atoms with van der Waals surface area (Å²) in [6.07, 6.45) is -2.40. The second kappa shape index (κ2) is 4.55. The van der Waals surface area contributed by atoms with E-state index in [1.165, 1.54) is 0 Å². The van der Waals surface area contributed by atoms with Crippen molar-refractivity contribution in [1.29, 1.82) is 0 Å². The Hall–Kier alpha value is -1.08. The van der Waals surface area contributed by atoms with Gasteiger partial charge in [-0.25, -0.2) is 9.97 Å². The van der Waals surface area contributed by atoms with Gasteiger partial charge in [0.2, 0.25) is 5.28 Å². The molecule has 100 valence electrons. The van der Waals surface area contributed by atoms with E-state index in [4.69, 9.17) is 11.6 Å². The van der Waals surface area contributed by atoms with Crippen LogP contribution in [-0.2, 0) is 6.18 Å². The number of aliphatic hydroxyl groups is 1. The third-order valence-corrected chi connectivity index (χ3v) is 3.04. The molecule has 0 atom stereocenters. The quantitative estimate of drug-likeness (QED) is 0.836. The zero-order chi connectivity index (χ0) is 13.4. The van der Waals surface area contributed by atoms with Gasteiger partial charge in [0, 0.05) is 12.6 Å². The molecule has 0 aromatic carbocycles. The van der Waals surface area contributed by atoms with Crippen molar-refractivity contribution >= 4 is 17.4 Å². The molecule has 1 aliphatic rings. The van der Waals surface area contributed by atoms with E-state index in [-0.39, 0.29) is 12.4 Å². The molecular weight excluding hydrogens is 271 g/mol. The predicted molar refractivity (Wildman–Crippen MR) is 59.3 cm³/mol. The van der Waals surface area contributed by atoms with Gasteiger partial charge < -0.3 is 10.4 Å². The summed E-state index contributed by atoms with van der Waals surface area (Å²) in [5, 5.41) is 12.0. The highest BCUT2D eigenvalue weighted by molar-refractivity contribution is 6.28. The molecule has 0 bridgehead atoms. The van der Waals surface area contributed by atoms with Gasteiger partial charge in [-0.05, 0) is 30.9 Å². The Morgan fingerprint density at radius 1 is 1.39 bits per heavy atom. The number of halogens is 4. The first-order chi connectivity index (χ1) is 8.28. The van der Waals surface area contributed by atoms with Crippen molar-refractivity contribution in [2.24, 2.45) is 0 Å². The van der Waals surface area contributed by atoms with Gasteiger partial charge in [0.25, 0.3) is 0 Å². The topological polar surface area (TPSA) is 58.0 Å². The Morgan fingerprint density at radius 3 is 2.56 bits per heavy atom. The van der Waals surface area contributed by atoms with Crippen molar-refractivity contribution in [2.75, 3.05) is 11.9 Å². The van der Waals surface area contributed by atoms with Gasteiger partial charge in [0.05, 0.1) is 5.60 Å². The van der Waals surface area contributed by atoms with Gasteiger partial charge in [-0.15, -0.1) is 0 Å². The lowest BCUT2D eigenvalue weighted by Gasteiger charge is -2.36. The number of rotatable bonds is 3. The maximum Gasteiger partial charge on any atom is 0.433 e. The van der Waals surface area contributed by atoms with Crippen LogP contribution < -0.4 is 5.32 Å². The summed E-state index contributed by atoms with van der Waals surface area (Å²) >= 11 is 5.43. The molecule has 1 heterocycles. The van der Waals surface area contributed by atoms with Gasteiger partial charge in [0.15, 0.2) is 5.69 Å². The molecule has 1 fully saturated rings. The largest absolute Gasteiger partial charge is 0.433 e. The van der Waals surface area contributed by atoms with Crippen molar-refractivity contribution in [1.82, 2.24) is 9.97 Å². The number of nitrogens with one attached hydrogen (secondary N) is 1. The van der Waals surface area contributed by atoms with E-state index in [2.05, 4.69) is 15.3 Å². The minimum absolute atomic E-state index is 0.0392. The van der Waals surface area contributed by atoms with Crippen LogP contribution in [0.1, 0.15) is 25.0 Å². The lowest BCUT2D eigenvalue weighted by molar-refractivity contribution is -0.141. The van der Waals surface area contributed by atoms with Crippen LogP contribution in [0.4, 0.5) is 19.0 Å². The Labute approximate surface area is 106 Å². The third kappa shape index (κ3) is 3.02. The fraction of sp³-hybridized carbons (Fsp3) is 0.600. The minimum atomic E-state index is -4.57. The van der Waals surface area contributed by atoms with Gasteiger partial charge in [0.1, 0.15) is 5.82 Å². The Morgan fingerprint density at radius 2 is 2.06 bits per heavy atom. The van der Waals surface area contributed by atoms with Crippen LogP contribution in [0.2, 0.25) is 5.28 Å². The number of aromatic nitrogens is 2. The highest BCUT2D eigenvalue weighted by Crippen LogP contribution is 2.32. The molecule has 0 saturated heterocycles. The maximum absolute atomic E-state index is 12.5. The molecule has 0 radical (unpaired) electrons. The first kappa shape index (κ1) is 13.4. The first-order valence-corrected chi connectivity index (χ1v) is 5.74. The van der Waals surface area contributed by atoms with Crippen molar-refractivity contribution in [3.8, 4) is 0 Å². The number of anilines is 1. The summed E-state index contributed by atoms with van der Waals surface area (Å²) in [5.41, 5.74) is -1.96. The molecule has 4 nitrogen and oxygen atoms in total. The van der Waals surface area contributed by atoms with E-state index in [0.29, 0.717) is 12.8 Å². The number of hydrogen-bond donors (Lipinski definition) is 2. The molecule has 0 spiro atoms. The van der Waals surface area contributed by atoms with E-state index < -0.39 is 22.8 Å². The SMILES string of the molecule is OC1(CNc2cc(C(F)(F)F)nc(Cl)n2)CCC1. The summed E-state index contributed by atoms with van der Waals surface area (Å²) in [5.74, 6) is -0.0392. The average molecular weight is 282 g/mol. The summed E-state index contributed by atoms with van der Waals surface area (Å²) in [6.45, 7) is 0.150. The summed E-state index contributed by atoms with van der Waals surface area (Å²) < 4.78 is 37.4. The van der Waals surface area contributed by atoms with Gasteiger partial charge in [-0.1, -0.05) is 0 Å². The standard InChI is InChI=1S/C10H11ClF3N3O/c11-8-16-6(10(12,13)14)4-7(17-8)15-5-9(18)2-1-3-9/h4,18H,1-3,5H2,(H,15,16,17). The van der Waals surface area contributed by atoms with E-state index >= 15 is 0 Å². The van der Waals surface area contributed by atoms with Gasteiger partial charge in [-0.3, -0.25) is 0 Å². The second-order valence-corrected chi connectivity index (χ2v) is 4.67. The summed E-state index contributed by atoms with van der Waals surface area (Å²) in [7, 11) is 0. The molecule has 2 N–H and O–H groups in total. The van der Waals surface area contributed by atoms with Crippen molar-refractivity contribution in [3.63, 3.8) is 0 Å². The molecule has 8 heteroatoms. The fourth-order valence-corrected chi connectivity index (χ4v) is 1.85. The van der Waals surface area contributed by atoms with Crippen molar-refractivity contribution in [2.45, 2.75) is 31.0 Å². The van der Waals surface area contributed by atoms with Crippen molar-refractivity contribution < 1.29 is 18.3 Å². The van der Waals surface area contributed by atoms with Crippen molar-refractivity contribution in [3.05, 3.63) is 17.0 Å². The summed E-state index contributed by atoms with van der Waals surface area (Å²) in [4.78, 5) is 6.75. The molecule has 0 amide bonds. The normalized spacial score (nSPS) is 18.3. The highest BCUT2D eigenvalue weighted by Gasteiger charge is 2.35. The van der Waals surface area contributed by atoms with E-state index in [0.717, 1.165) is 12.5 Å². The average Bonchev–Trinajstić information content (AvgIpc) is 2.22. The Balaban J connectivity index is 2.10. The molecule has 1 aliphatic carbocycles. The molecule has 1 saturated carbocycles. The van der Waals surface area contributed by atoms with Crippen LogP contribution in [-0.4, -0.2) is 27.2 Å². The predicted octanol–water partition coefficient (Wildman–Crippen LogP) is 2.48. The number of alkyl halides is 3. The van der Waals surface area contributed by atoms with Crippen LogP contribution in [0.15, 0.2) is 6.07 Å². The van der Waals surface area contributed by atoms with E-state index in [1.54, 1.807) is 0 Å². The van der Waals surface area contributed by atoms with Crippen LogP contribution in [0, 0.1) is 0 Å². The molecule has 0 aliphatic heterocycles. The highest BCUT2D eigenvalue weighted by atomic mass is 35.5. The zero-order valence-corrected chi connectivity index (χ0v) is 10.0. The smallest absolute Gasteiger partial charge is 0.388 e. The maximum atomic E-state index is 12.5. The molecular formula is C10H11ClF3N3O. The van der Waals surface area contributed by atoms with E-state index in [9.17, 15) is 18.3 Å². The first-order valence-electron chi connectivity index (χ1n) is 5.37. The molecule has 1 aromatic heterocycles. The minimum Gasteiger partial charge on any atom is -0.388 e. The molecule has 18 heavy (non-hydrogen) atoms. The second-order valence-electron chi connectivity index (χ2n) is 4.34. The summed E-state index contributed by atoms with van der Waals surface area (Å²) in [6, 6.07) is 0.772. The third-order valence-electron chi connectivity index (χ3n) is 2.87. The van der Waals surface area contributed by atoms with Crippen LogP contribution >= 0.6 is 11.6 Å². The monoisotopic (exact) mass is 281 g/mol. The Bertz CT molecular complexity index is 448. The van der Waals surface area contributed by atoms with Crippen LogP contribution in [0.3, 0.4) is 0 Å². The van der Waals surface area contributed by atoms with E-state index in [1.807, 2.05) is 0 Å². The molecule has 0 unspecified atom stereocenters. The van der Waals surface area contributed by atoms with Crippen LogP contribution in [0.5, 0.6) is 0 Å². The molecule has 2 rings (SSSR count). The number of nitrogens with zero attached hydrogens (tertiary/aromatic N) is 2. The van der Waals surface area contributed by atoms with Gasteiger partial charge >= 0.3 is 6.18 Å². The number of hydrogen-bond acceptors (Lipinski definition) is 4. The lowest BCUT2D eigenvalue weighted by Crippen LogP contribution is -2.43. The molecule has 1 aromatic rings. The Kier molecular flexibility index (Phi) is 3.37. The lowest BCUT2D eigenvalue weighted by atomic mass is 9.80. The zero-order valence-electron chi connectivity index (χ0n) is 9.26. The van der Waals surface area contributed by atoms with Gasteiger partial charge in [-0.2, -0.15) is 13.2 Å². The fourth-order valence-electron chi connectivity index (χ4n) is 1.67.